The number of rotatable bonds is 28. The molecule has 4 nitrogen and oxygen atoms in total. The van der Waals surface area contributed by atoms with Crippen molar-refractivity contribution in [2.24, 2.45) is 0 Å². The summed E-state index contributed by atoms with van der Waals surface area (Å²) in [5, 5.41) is 0. The van der Waals surface area contributed by atoms with Crippen molar-refractivity contribution in [1.29, 1.82) is 0 Å². The van der Waals surface area contributed by atoms with Crippen LogP contribution in [0.2, 0.25) is 0 Å². The lowest BCUT2D eigenvalue weighted by atomic mass is 10.1. The van der Waals surface area contributed by atoms with Gasteiger partial charge in [0, 0.05) is 12.8 Å². The Morgan fingerprint density at radius 2 is 0.690 bits per heavy atom. The van der Waals surface area contributed by atoms with Gasteiger partial charge in [-0.1, -0.05) is 127 Å². The number of hydrogen-bond acceptors (Lipinski definition) is 4. The fourth-order valence-electron chi connectivity index (χ4n) is 4.37. The molecular weight excluding hydrogens is 520 g/mol. The highest BCUT2D eigenvalue weighted by Crippen LogP contribution is 2.10. The van der Waals surface area contributed by atoms with E-state index in [4.69, 9.17) is 0 Å². The van der Waals surface area contributed by atoms with Crippen LogP contribution in [0.4, 0.5) is 0 Å². The highest BCUT2D eigenvalue weighted by Gasteiger charge is 1.99. The Bertz CT molecular complexity index is 617. The lowest BCUT2D eigenvalue weighted by molar-refractivity contribution is -0.141. The van der Waals surface area contributed by atoms with Crippen LogP contribution < -0.4 is 0 Å². The van der Waals surface area contributed by atoms with E-state index < -0.39 is 0 Å². The topological polar surface area (TPSA) is 52.6 Å². The van der Waals surface area contributed by atoms with Crippen molar-refractivity contribution in [2.45, 2.75) is 168 Å². The van der Waals surface area contributed by atoms with E-state index in [2.05, 4.69) is 71.9 Å². The van der Waals surface area contributed by atoms with Gasteiger partial charge in [0.1, 0.15) is 0 Å². The van der Waals surface area contributed by atoms with Crippen molar-refractivity contribution in [3.8, 4) is 0 Å². The van der Waals surface area contributed by atoms with E-state index in [0.717, 1.165) is 38.5 Å². The van der Waals surface area contributed by atoms with Crippen LogP contribution in [-0.2, 0) is 19.1 Å². The van der Waals surface area contributed by atoms with Crippen molar-refractivity contribution in [2.75, 3.05) is 14.2 Å². The first kappa shape index (κ1) is 42.0. The second kappa shape index (κ2) is 38.9. The molecule has 0 aromatic heterocycles. The van der Waals surface area contributed by atoms with Crippen LogP contribution in [0.1, 0.15) is 168 Å². The number of carbonyl (C=O) groups excluding carboxylic acids is 2. The summed E-state index contributed by atoms with van der Waals surface area (Å²) in [6.07, 6.45) is 46.1. The van der Waals surface area contributed by atoms with Crippen molar-refractivity contribution >= 4 is 11.9 Å². The fraction of sp³-hybridized carbons (Fsp3) is 0.737. The van der Waals surface area contributed by atoms with Gasteiger partial charge in [0.05, 0.1) is 14.2 Å². The van der Waals surface area contributed by atoms with Crippen molar-refractivity contribution in [3.05, 3.63) is 48.6 Å². The third-order valence-corrected chi connectivity index (χ3v) is 7.12. The third-order valence-electron chi connectivity index (χ3n) is 7.12. The molecule has 0 unspecified atom stereocenters. The maximum atomic E-state index is 10.9. The Kier molecular flexibility index (Phi) is 38.9. The second-order valence-electron chi connectivity index (χ2n) is 11.1. The molecule has 0 aliphatic heterocycles. The molecule has 4 heteroatoms. The van der Waals surface area contributed by atoms with E-state index in [1.54, 1.807) is 0 Å². The Morgan fingerprint density at radius 3 is 1.00 bits per heavy atom. The Balaban J connectivity index is 0. The largest absolute Gasteiger partial charge is 0.469 e. The molecule has 0 aromatic rings. The molecule has 0 radical (unpaired) electrons. The molecule has 0 bridgehead atoms. The summed E-state index contributed by atoms with van der Waals surface area (Å²) < 4.78 is 9.23. The van der Waals surface area contributed by atoms with Crippen LogP contribution in [0.5, 0.6) is 0 Å². The SMILES string of the molecule is CCCCCC=CCC=CCCCCCCCC(=O)OC.CCCCCC=CCC=CCCCCCCCC(=O)OC. The highest BCUT2D eigenvalue weighted by molar-refractivity contribution is 5.69. The van der Waals surface area contributed by atoms with Crippen LogP contribution in [0.3, 0.4) is 0 Å². The van der Waals surface area contributed by atoms with Gasteiger partial charge < -0.3 is 9.47 Å². The van der Waals surface area contributed by atoms with Crippen LogP contribution in [-0.4, -0.2) is 26.2 Å². The zero-order valence-electron chi connectivity index (χ0n) is 28.2. The van der Waals surface area contributed by atoms with Crippen molar-refractivity contribution in [3.63, 3.8) is 0 Å². The second-order valence-corrected chi connectivity index (χ2v) is 11.1. The molecule has 0 fully saturated rings. The monoisotopic (exact) mass is 589 g/mol. The minimum Gasteiger partial charge on any atom is -0.469 e. The first-order chi connectivity index (χ1) is 20.6. The number of methoxy groups -OCH3 is 2. The normalized spacial score (nSPS) is 11.5. The van der Waals surface area contributed by atoms with E-state index in [0.29, 0.717) is 12.8 Å². The summed E-state index contributed by atoms with van der Waals surface area (Å²) in [4.78, 5) is 21.8. The number of carbonyl (C=O) groups is 2. The number of ether oxygens (including phenoxy) is 2. The molecule has 0 aromatic carbocycles. The van der Waals surface area contributed by atoms with E-state index in [9.17, 15) is 9.59 Å². The predicted octanol–water partition coefficient (Wildman–Crippen LogP) is 11.9. The molecule has 0 aliphatic rings. The summed E-state index contributed by atoms with van der Waals surface area (Å²) >= 11 is 0. The fourth-order valence-corrected chi connectivity index (χ4v) is 4.37. The zero-order chi connectivity index (χ0) is 31.2. The molecule has 244 valence electrons. The Morgan fingerprint density at radius 1 is 0.405 bits per heavy atom. The minimum atomic E-state index is -0.0827. The van der Waals surface area contributed by atoms with Gasteiger partial charge in [-0.05, 0) is 77.0 Å². The molecule has 42 heavy (non-hydrogen) atoms. The van der Waals surface area contributed by atoms with Crippen molar-refractivity contribution in [1.82, 2.24) is 0 Å². The standard InChI is InChI=1S/2C19H34O2/c2*1-3-4-5-6-7-8-9-10-11-12-13-14-15-16-17-18-19(20)21-2/h2*7-8,10-11H,3-6,9,12-18H2,1-2H3. The Hall–Kier alpha value is -2.10. The summed E-state index contributed by atoms with van der Waals surface area (Å²) in [5.41, 5.74) is 0. The van der Waals surface area contributed by atoms with E-state index in [1.165, 1.54) is 117 Å². The Labute approximate surface area is 261 Å². The molecule has 0 rings (SSSR count). The number of esters is 2. The van der Waals surface area contributed by atoms with Gasteiger partial charge >= 0.3 is 11.9 Å². The summed E-state index contributed by atoms with van der Waals surface area (Å²) in [6, 6.07) is 0. The summed E-state index contributed by atoms with van der Waals surface area (Å²) in [7, 11) is 2.91. The average molecular weight is 589 g/mol. The summed E-state index contributed by atoms with van der Waals surface area (Å²) in [5.74, 6) is -0.165. The van der Waals surface area contributed by atoms with Crippen LogP contribution >= 0.6 is 0 Å². The van der Waals surface area contributed by atoms with Gasteiger partial charge in [-0.15, -0.1) is 0 Å². The van der Waals surface area contributed by atoms with Gasteiger partial charge in [0.15, 0.2) is 0 Å². The lowest BCUT2D eigenvalue weighted by Gasteiger charge is -1.99. The molecule has 0 saturated carbocycles. The molecular formula is C38H68O4. The minimum absolute atomic E-state index is 0.0827. The van der Waals surface area contributed by atoms with E-state index in [1.807, 2.05) is 0 Å². The van der Waals surface area contributed by atoms with E-state index >= 15 is 0 Å². The number of hydrogen-bond donors (Lipinski definition) is 0. The van der Waals surface area contributed by atoms with Gasteiger partial charge in [-0.2, -0.15) is 0 Å². The van der Waals surface area contributed by atoms with Gasteiger partial charge in [-0.3, -0.25) is 9.59 Å². The quantitative estimate of drug-likeness (QED) is 0.0518. The zero-order valence-corrected chi connectivity index (χ0v) is 28.2. The lowest BCUT2D eigenvalue weighted by Crippen LogP contribution is -1.98. The van der Waals surface area contributed by atoms with Gasteiger partial charge in [-0.25, -0.2) is 0 Å². The molecule has 0 N–H and O–H groups in total. The predicted molar refractivity (Wildman–Crippen MR) is 183 cm³/mol. The molecule has 0 saturated heterocycles. The molecule has 0 amide bonds. The van der Waals surface area contributed by atoms with Crippen molar-refractivity contribution < 1.29 is 19.1 Å². The van der Waals surface area contributed by atoms with E-state index in [-0.39, 0.29) is 11.9 Å². The number of unbranched alkanes of at least 4 members (excludes halogenated alkanes) is 16. The summed E-state index contributed by atoms with van der Waals surface area (Å²) in [6.45, 7) is 4.48. The highest BCUT2D eigenvalue weighted by atomic mass is 16.5. The van der Waals surface area contributed by atoms with Crippen LogP contribution in [0, 0.1) is 0 Å². The average Bonchev–Trinajstić information content (AvgIpc) is 3.01. The molecule has 0 atom stereocenters. The van der Waals surface area contributed by atoms with Crippen LogP contribution in [0.25, 0.3) is 0 Å². The van der Waals surface area contributed by atoms with Gasteiger partial charge in [0.25, 0.3) is 0 Å². The molecule has 0 aliphatic carbocycles. The maximum Gasteiger partial charge on any atom is 0.305 e. The third kappa shape index (κ3) is 40.0. The smallest absolute Gasteiger partial charge is 0.305 e. The first-order valence-corrected chi connectivity index (χ1v) is 17.4. The first-order valence-electron chi connectivity index (χ1n) is 17.4. The van der Waals surface area contributed by atoms with Gasteiger partial charge in [0.2, 0.25) is 0 Å². The molecule has 0 heterocycles. The number of allylic oxidation sites excluding steroid dienone is 8. The molecule has 0 spiro atoms. The van der Waals surface area contributed by atoms with Crippen LogP contribution in [0.15, 0.2) is 48.6 Å². The maximum absolute atomic E-state index is 10.9.